The standard InChI is InChI=1S/C6H4F2O2S2/c7-5-2-1-4(11)3-6(5)10-12(8)9/h1-3,11H. The number of hydrogen-bond acceptors (Lipinski definition) is 3. The van der Waals surface area contributed by atoms with Crippen molar-refractivity contribution in [3.05, 3.63) is 24.0 Å². The summed E-state index contributed by atoms with van der Waals surface area (Å²) in [7, 11) is 0. The van der Waals surface area contributed by atoms with Gasteiger partial charge in [-0.3, -0.25) is 0 Å². The van der Waals surface area contributed by atoms with Crippen LogP contribution in [0.5, 0.6) is 5.75 Å². The molecule has 0 spiro atoms. The smallest absolute Gasteiger partial charge is 0.374 e. The van der Waals surface area contributed by atoms with Gasteiger partial charge in [0.25, 0.3) is 0 Å². The second-order valence-corrected chi connectivity index (χ2v) is 2.96. The third-order valence-corrected chi connectivity index (χ3v) is 1.66. The van der Waals surface area contributed by atoms with Crippen LogP contribution in [-0.2, 0) is 11.5 Å². The van der Waals surface area contributed by atoms with Gasteiger partial charge in [-0.25, -0.2) is 4.39 Å². The van der Waals surface area contributed by atoms with Crippen LogP contribution in [0.15, 0.2) is 23.1 Å². The minimum absolute atomic E-state index is 0.400. The Morgan fingerprint density at radius 2 is 2.17 bits per heavy atom. The predicted octanol–water partition coefficient (Wildman–Crippen LogP) is 2.04. The van der Waals surface area contributed by atoms with Crippen molar-refractivity contribution < 1.29 is 16.7 Å². The summed E-state index contributed by atoms with van der Waals surface area (Å²) in [5.74, 6) is -1.19. The highest BCUT2D eigenvalue weighted by atomic mass is 32.2. The van der Waals surface area contributed by atoms with E-state index in [1.54, 1.807) is 0 Å². The van der Waals surface area contributed by atoms with E-state index in [2.05, 4.69) is 16.8 Å². The molecule has 1 aromatic rings. The molecule has 0 saturated carbocycles. The van der Waals surface area contributed by atoms with Gasteiger partial charge >= 0.3 is 11.5 Å². The van der Waals surface area contributed by atoms with Gasteiger partial charge in [0.2, 0.25) is 0 Å². The third kappa shape index (κ3) is 2.46. The lowest BCUT2D eigenvalue weighted by molar-refractivity contribution is 0.482. The average Bonchev–Trinajstić information content (AvgIpc) is 1.96. The molecule has 0 aromatic heterocycles. The zero-order valence-electron chi connectivity index (χ0n) is 5.66. The first kappa shape index (κ1) is 9.47. The van der Waals surface area contributed by atoms with E-state index in [0.717, 1.165) is 12.1 Å². The third-order valence-electron chi connectivity index (χ3n) is 1.07. The van der Waals surface area contributed by atoms with Crippen LogP contribution in [0.4, 0.5) is 8.28 Å². The first-order chi connectivity index (χ1) is 5.59. The topological polar surface area (TPSA) is 26.3 Å². The van der Waals surface area contributed by atoms with Crippen LogP contribution < -0.4 is 4.18 Å². The van der Waals surface area contributed by atoms with E-state index in [0.29, 0.717) is 4.90 Å². The summed E-state index contributed by atoms with van der Waals surface area (Å²) in [4.78, 5) is 0.400. The molecule has 0 amide bonds. The molecule has 1 aromatic carbocycles. The molecular formula is C6H4F2O2S2. The molecule has 66 valence electrons. The summed E-state index contributed by atoms with van der Waals surface area (Å²) in [5, 5.41) is 0. The minimum Gasteiger partial charge on any atom is -0.374 e. The van der Waals surface area contributed by atoms with Crippen LogP contribution in [0.25, 0.3) is 0 Å². The maximum absolute atomic E-state index is 12.7. The van der Waals surface area contributed by atoms with Gasteiger partial charge in [-0.2, -0.15) is 4.21 Å². The molecule has 0 aliphatic rings. The molecule has 0 heterocycles. The highest BCUT2D eigenvalue weighted by Crippen LogP contribution is 2.21. The zero-order chi connectivity index (χ0) is 9.14. The molecule has 12 heavy (non-hydrogen) atoms. The molecule has 1 atom stereocenters. The van der Waals surface area contributed by atoms with E-state index >= 15 is 0 Å². The first-order valence-electron chi connectivity index (χ1n) is 2.84. The monoisotopic (exact) mass is 210 g/mol. The Kier molecular flexibility index (Phi) is 3.05. The fraction of sp³-hybridized carbons (Fsp3) is 0. The van der Waals surface area contributed by atoms with Crippen LogP contribution >= 0.6 is 12.6 Å². The van der Waals surface area contributed by atoms with Gasteiger partial charge in [-0.15, -0.1) is 12.6 Å². The van der Waals surface area contributed by atoms with Gasteiger partial charge in [0.05, 0.1) is 0 Å². The van der Waals surface area contributed by atoms with Crippen molar-refractivity contribution >= 4 is 24.1 Å². The zero-order valence-corrected chi connectivity index (χ0v) is 7.37. The van der Waals surface area contributed by atoms with Gasteiger partial charge in [-0.05, 0) is 18.2 Å². The second-order valence-electron chi connectivity index (χ2n) is 1.89. The van der Waals surface area contributed by atoms with Gasteiger partial charge in [0.15, 0.2) is 11.6 Å². The Morgan fingerprint density at radius 3 is 2.75 bits per heavy atom. The molecule has 0 bridgehead atoms. The summed E-state index contributed by atoms with van der Waals surface area (Å²) < 4.78 is 38.3. The fourth-order valence-electron chi connectivity index (χ4n) is 0.626. The summed E-state index contributed by atoms with van der Waals surface area (Å²) in [6.45, 7) is 0. The number of rotatable bonds is 2. The Balaban J connectivity index is 2.97. The SMILES string of the molecule is O=S(F)Oc1cc(S)ccc1F. The predicted molar refractivity (Wildman–Crippen MR) is 43.5 cm³/mol. The highest BCUT2D eigenvalue weighted by molar-refractivity contribution is 7.80. The molecule has 0 fully saturated rings. The van der Waals surface area contributed by atoms with Crippen LogP contribution in [0.1, 0.15) is 0 Å². The van der Waals surface area contributed by atoms with E-state index in [4.69, 9.17) is 0 Å². The van der Waals surface area contributed by atoms with Crippen molar-refractivity contribution in [1.82, 2.24) is 0 Å². The molecular weight excluding hydrogens is 206 g/mol. The Morgan fingerprint density at radius 1 is 1.50 bits per heavy atom. The number of thiol groups is 1. The second kappa shape index (κ2) is 3.86. The van der Waals surface area contributed by atoms with Crippen molar-refractivity contribution in [2.45, 2.75) is 4.90 Å². The molecule has 6 heteroatoms. The highest BCUT2D eigenvalue weighted by Gasteiger charge is 2.06. The van der Waals surface area contributed by atoms with E-state index in [9.17, 15) is 12.5 Å². The molecule has 0 radical (unpaired) electrons. The molecule has 1 unspecified atom stereocenters. The van der Waals surface area contributed by atoms with Gasteiger partial charge in [0.1, 0.15) is 0 Å². The number of benzene rings is 1. The van der Waals surface area contributed by atoms with Crippen LogP contribution in [0.2, 0.25) is 0 Å². The molecule has 0 aliphatic carbocycles. The maximum Gasteiger partial charge on any atom is 0.401 e. The lowest BCUT2D eigenvalue weighted by Gasteiger charge is -2.00. The minimum atomic E-state index is -3.01. The number of hydrogen-bond donors (Lipinski definition) is 1. The Labute approximate surface area is 75.9 Å². The Hall–Kier alpha value is -0.620. The van der Waals surface area contributed by atoms with Crippen LogP contribution in [-0.4, -0.2) is 4.21 Å². The van der Waals surface area contributed by atoms with Crippen molar-refractivity contribution in [1.29, 1.82) is 0 Å². The summed E-state index contributed by atoms with van der Waals surface area (Å²) in [6.07, 6.45) is 0. The first-order valence-corrected chi connectivity index (χ1v) is 4.26. The quantitative estimate of drug-likeness (QED) is 0.597. The normalized spacial score (nSPS) is 12.6. The van der Waals surface area contributed by atoms with Crippen molar-refractivity contribution in [2.24, 2.45) is 0 Å². The van der Waals surface area contributed by atoms with Crippen molar-refractivity contribution in [2.75, 3.05) is 0 Å². The summed E-state index contributed by atoms with van der Waals surface area (Å²) >= 11 is 0.847. The van der Waals surface area contributed by atoms with Gasteiger partial charge < -0.3 is 4.18 Å². The molecule has 0 N–H and O–H groups in total. The maximum atomic E-state index is 12.7. The van der Waals surface area contributed by atoms with Crippen LogP contribution in [0.3, 0.4) is 0 Å². The van der Waals surface area contributed by atoms with Crippen molar-refractivity contribution in [3.63, 3.8) is 0 Å². The van der Waals surface area contributed by atoms with E-state index in [1.165, 1.54) is 6.07 Å². The van der Waals surface area contributed by atoms with E-state index < -0.39 is 23.0 Å². The lowest BCUT2D eigenvalue weighted by atomic mass is 10.3. The number of halogens is 2. The molecule has 0 aliphatic heterocycles. The summed E-state index contributed by atoms with van der Waals surface area (Å²) in [5.41, 5.74) is 0. The van der Waals surface area contributed by atoms with E-state index in [-0.39, 0.29) is 0 Å². The average molecular weight is 210 g/mol. The van der Waals surface area contributed by atoms with Crippen LogP contribution in [0, 0.1) is 5.82 Å². The fourth-order valence-corrected chi connectivity index (χ4v) is 1.09. The summed E-state index contributed by atoms with van der Waals surface area (Å²) in [6, 6.07) is 3.55. The van der Waals surface area contributed by atoms with Gasteiger partial charge in [0, 0.05) is 4.90 Å². The van der Waals surface area contributed by atoms with Crippen molar-refractivity contribution in [3.8, 4) is 5.75 Å². The van der Waals surface area contributed by atoms with Gasteiger partial charge in [-0.1, -0.05) is 3.89 Å². The molecule has 0 saturated heterocycles. The molecule has 2 nitrogen and oxygen atoms in total. The van der Waals surface area contributed by atoms with E-state index in [1.807, 2.05) is 0 Å². The lowest BCUT2D eigenvalue weighted by Crippen LogP contribution is -1.95. The molecule has 1 rings (SSSR count). The Bertz CT molecular complexity index is 316. The largest absolute Gasteiger partial charge is 0.401 e.